The van der Waals surface area contributed by atoms with Crippen molar-refractivity contribution in [2.75, 3.05) is 14.2 Å². The second-order valence-corrected chi connectivity index (χ2v) is 3.25. The van der Waals surface area contributed by atoms with Crippen LogP contribution in [0.3, 0.4) is 0 Å². The predicted octanol–water partition coefficient (Wildman–Crippen LogP) is 0.640. The lowest BCUT2D eigenvalue weighted by atomic mass is 10.2. The van der Waals surface area contributed by atoms with E-state index in [1.807, 2.05) is 0 Å². The highest BCUT2D eigenvalue weighted by Gasteiger charge is 2.18. The van der Waals surface area contributed by atoms with Crippen molar-refractivity contribution in [2.24, 2.45) is 0 Å². The van der Waals surface area contributed by atoms with Gasteiger partial charge in [0.25, 0.3) is 0 Å². The Morgan fingerprint density at radius 1 is 1.28 bits per heavy atom. The zero-order chi connectivity index (χ0) is 14.0. The van der Waals surface area contributed by atoms with Crippen molar-refractivity contribution < 1.29 is 14.3 Å². The first kappa shape index (κ1) is 15.9. The molecule has 6 heteroatoms. The van der Waals surface area contributed by atoms with Crippen LogP contribution in [0.1, 0.15) is 6.92 Å². The Hall–Kier alpha value is -2.15. The van der Waals surface area contributed by atoms with Gasteiger partial charge in [0.05, 0.1) is 0 Å². The molecule has 96 valence electrons. The monoisotopic (exact) mass is 249 g/mol. The number of amides is 1. The van der Waals surface area contributed by atoms with Crippen LogP contribution < -0.4 is 5.32 Å². The Labute approximate surface area is 106 Å². The second-order valence-electron chi connectivity index (χ2n) is 3.25. The van der Waals surface area contributed by atoms with Gasteiger partial charge >= 0.3 is 0 Å². The van der Waals surface area contributed by atoms with Crippen molar-refractivity contribution in [3.63, 3.8) is 0 Å². The molecule has 0 spiro atoms. The number of carbonyl (C=O) groups is 1. The summed E-state index contributed by atoms with van der Waals surface area (Å²) in [4.78, 5) is 10.9. The van der Waals surface area contributed by atoms with Crippen LogP contribution in [0.15, 0.2) is 23.8 Å². The van der Waals surface area contributed by atoms with E-state index < -0.39 is 12.3 Å². The minimum Gasteiger partial charge on any atom is -0.373 e. The number of nitrogens with zero attached hydrogens (tertiary/aromatic N) is 2. The summed E-state index contributed by atoms with van der Waals surface area (Å²) < 4.78 is 10.2. The van der Waals surface area contributed by atoms with Gasteiger partial charge in [0.1, 0.15) is 23.8 Å². The predicted molar refractivity (Wildman–Crippen MR) is 63.9 cm³/mol. The summed E-state index contributed by atoms with van der Waals surface area (Å²) in [6.07, 6.45) is 3.29. The lowest BCUT2D eigenvalue weighted by molar-refractivity contribution is -0.125. The molecular formula is C12H15N3O3. The molecule has 1 amide bonds. The number of nitrogens with one attached hydrogen (secondary N) is 1. The maximum absolute atomic E-state index is 10.9. The van der Waals surface area contributed by atoms with Gasteiger partial charge in [0, 0.05) is 21.1 Å². The molecule has 0 bridgehead atoms. The molecule has 0 aliphatic carbocycles. The average molecular weight is 249 g/mol. The van der Waals surface area contributed by atoms with Crippen LogP contribution in [-0.2, 0) is 14.3 Å². The van der Waals surface area contributed by atoms with E-state index in [9.17, 15) is 4.79 Å². The highest BCUT2D eigenvalue weighted by molar-refractivity contribution is 5.73. The zero-order valence-electron chi connectivity index (χ0n) is 10.5. The van der Waals surface area contributed by atoms with E-state index in [0.29, 0.717) is 0 Å². The molecule has 18 heavy (non-hydrogen) atoms. The summed E-state index contributed by atoms with van der Waals surface area (Å²) in [5, 5.41) is 19.6. The van der Waals surface area contributed by atoms with Crippen LogP contribution in [0.2, 0.25) is 0 Å². The van der Waals surface area contributed by atoms with Crippen LogP contribution in [0.25, 0.3) is 0 Å². The van der Waals surface area contributed by atoms with Crippen molar-refractivity contribution in [2.45, 2.75) is 19.3 Å². The molecule has 0 saturated carbocycles. The largest absolute Gasteiger partial charge is 0.373 e. The maximum Gasteiger partial charge on any atom is 0.218 e. The molecule has 0 aromatic heterocycles. The van der Waals surface area contributed by atoms with E-state index in [0.717, 1.165) is 0 Å². The molecule has 0 aliphatic heterocycles. The third-order valence-corrected chi connectivity index (χ3v) is 1.97. The van der Waals surface area contributed by atoms with Crippen LogP contribution in [0.4, 0.5) is 0 Å². The quantitative estimate of drug-likeness (QED) is 0.423. The maximum atomic E-state index is 10.9. The summed E-state index contributed by atoms with van der Waals surface area (Å²) >= 11 is 0. The molecule has 0 aliphatic rings. The summed E-state index contributed by atoms with van der Waals surface area (Å²) in [5.41, 5.74) is -0.0189. The van der Waals surface area contributed by atoms with E-state index in [2.05, 4.69) is 5.32 Å². The van der Waals surface area contributed by atoms with Gasteiger partial charge in [0.2, 0.25) is 5.91 Å². The Morgan fingerprint density at radius 2 is 1.89 bits per heavy atom. The third kappa shape index (κ3) is 5.80. The van der Waals surface area contributed by atoms with E-state index in [1.54, 1.807) is 18.2 Å². The average Bonchev–Trinajstić information content (AvgIpc) is 2.36. The van der Waals surface area contributed by atoms with Gasteiger partial charge in [-0.3, -0.25) is 4.79 Å². The Balaban J connectivity index is 4.74. The first-order valence-corrected chi connectivity index (χ1v) is 5.10. The van der Waals surface area contributed by atoms with Crippen molar-refractivity contribution in [1.29, 1.82) is 10.5 Å². The lowest BCUT2D eigenvalue weighted by Crippen LogP contribution is -2.43. The molecule has 0 heterocycles. The molecule has 1 N–H and O–H groups in total. The van der Waals surface area contributed by atoms with Crippen molar-refractivity contribution in [1.82, 2.24) is 5.32 Å². The molecule has 0 radical (unpaired) electrons. The number of ether oxygens (including phenoxy) is 2. The van der Waals surface area contributed by atoms with E-state index in [1.165, 1.54) is 33.3 Å². The van der Waals surface area contributed by atoms with Crippen LogP contribution in [-0.4, -0.2) is 32.5 Å². The summed E-state index contributed by atoms with van der Waals surface area (Å²) in [7, 11) is 2.90. The molecule has 0 saturated heterocycles. The minimum atomic E-state index is -0.634. The first-order valence-electron chi connectivity index (χ1n) is 5.10. The summed E-state index contributed by atoms with van der Waals surface area (Å²) in [5.74, 6) is -0.248. The van der Waals surface area contributed by atoms with Crippen molar-refractivity contribution in [3.8, 4) is 12.1 Å². The van der Waals surface area contributed by atoms with Gasteiger partial charge in [-0.15, -0.1) is 0 Å². The Bertz CT molecular complexity index is 399. The molecular weight excluding hydrogens is 234 g/mol. The SMILES string of the molecule is CO[C@H](/C=C/C=C(C#N)C#N)[C@@H](NC(C)=O)OC. The van der Waals surface area contributed by atoms with Crippen molar-refractivity contribution >= 4 is 5.91 Å². The first-order chi connectivity index (χ1) is 8.58. The fourth-order valence-electron chi connectivity index (χ4n) is 1.14. The van der Waals surface area contributed by atoms with Crippen LogP contribution in [0.5, 0.6) is 0 Å². The van der Waals surface area contributed by atoms with E-state index in [4.69, 9.17) is 20.0 Å². The van der Waals surface area contributed by atoms with Gasteiger partial charge in [0.15, 0.2) is 6.23 Å². The molecule has 0 unspecified atom stereocenters. The zero-order valence-corrected chi connectivity index (χ0v) is 10.5. The molecule has 6 nitrogen and oxygen atoms in total. The Kier molecular flexibility index (Phi) is 7.87. The van der Waals surface area contributed by atoms with Gasteiger partial charge in [-0.05, 0) is 6.08 Å². The molecule has 0 aromatic carbocycles. The lowest BCUT2D eigenvalue weighted by Gasteiger charge is -2.22. The normalized spacial score (nSPS) is 13.2. The van der Waals surface area contributed by atoms with Gasteiger partial charge in [-0.2, -0.15) is 10.5 Å². The van der Waals surface area contributed by atoms with Gasteiger partial charge in [-0.1, -0.05) is 12.2 Å². The fourth-order valence-corrected chi connectivity index (χ4v) is 1.14. The standard InChI is InChI=1S/C12H15N3O3/c1-9(16)15-12(18-3)11(17-2)6-4-5-10(7-13)8-14/h4-6,11-12H,1-3H3,(H,15,16)/b6-4+/t11-,12+/m1/s1. The Morgan fingerprint density at radius 3 is 2.28 bits per heavy atom. The summed E-state index contributed by atoms with van der Waals surface area (Å²) in [6.45, 7) is 1.37. The number of carbonyl (C=O) groups excluding carboxylic acids is 1. The molecule has 2 atom stereocenters. The van der Waals surface area contributed by atoms with Gasteiger partial charge in [-0.25, -0.2) is 0 Å². The molecule has 0 aromatic rings. The molecule has 0 rings (SSSR count). The van der Waals surface area contributed by atoms with E-state index in [-0.39, 0.29) is 11.5 Å². The number of allylic oxidation sites excluding steroid dienone is 3. The number of hydrogen-bond acceptors (Lipinski definition) is 5. The number of rotatable bonds is 6. The number of methoxy groups -OCH3 is 2. The molecule has 0 fully saturated rings. The number of nitriles is 2. The van der Waals surface area contributed by atoms with E-state index >= 15 is 0 Å². The highest BCUT2D eigenvalue weighted by Crippen LogP contribution is 2.03. The smallest absolute Gasteiger partial charge is 0.218 e. The fraction of sp³-hybridized carbons (Fsp3) is 0.417. The highest BCUT2D eigenvalue weighted by atomic mass is 16.5. The topological polar surface area (TPSA) is 95.1 Å². The van der Waals surface area contributed by atoms with Gasteiger partial charge < -0.3 is 14.8 Å². The van der Waals surface area contributed by atoms with Crippen LogP contribution >= 0.6 is 0 Å². The third-order valence-electron chi connectivity index (χ3n) is 1.97. The second kappa shape index (κ2) is 8.94. The summed E-state index contributed by atoms with van der Waals surface area (Å²) in [6, 6.07) is 3.45. The van der Waals surface area contributed by atoms with Crippen molar-refractivity contribution in [3.05, 3.63) is 23.8 Å². The number of hydrogen-bond donors (Lipinski definition) is 1. The minimum absolute atomic E-state index is 0.0189. The van der Waals surface area contributed by atoms with Crippen LogP contribution in [0, 0.1) is 22.7 Å².